The highest BCUT2D eigenvalue weighted by Gasteiger charge is 2.21. The van der Waals surface area contributed by atoms with Crippen LogP contribution >= 0.6 is 0 Å². The Morgan fingerprint density at radius 1 is 0.174 bits per heavy atom. The lowest BCUT2D eigenvalue weighted by Crippen LogP contribution is -1.90. The van der Waals surface area contributed by atoms with Crippen LogP contribution in [-0.4, -0.2) is 0 Å². The monoisotopic (exact) mass is 1140 g/mol. The maximum Gasteiger partial charge on any atom is 0.136 e. The van der Waals surface area contributed by atoms with Crippen molar-refractivity contribution in [3.8, 4) is 66.8 Å². The molecule has 16 aromatic carbocycles. The normalized spacial score (nSPS) is 20.2. The summed E-state index contributed by atoms with van der Waals surface area (Å²) in [4.78, 5) is 0. The summed E-state index contributed by atoms with van der Waals surface area (Å²) in [5, 5.41) is -9.48. The van der Waals surface area contributed by atoms with Crippen LogP contribution in [0.25, 0.3) is 175 Å². The quantitative estimate of drug-likeness (QED) is 0.123. The summed E-state index contributed by atoms with van der Waals surface area (Å²) in [5.41, 5.74) is -10.9. The van der Waals surface area contributed by atoms with E-state index < -0.39 is 489 Å². The first kappa shape index (κ1) is 19.9. The van der Waals surface area contributed by atoms with Crippen LogP contribution in [-0.2, 0) is 0 Å². The molecule has 86 heavy (non-hydrogen) atoms. The lowest BCUT2D eigenvalue weighted by molar-refractivity contribution is 0.669. The van der Waals surface area contributed by atoms with Gasteiger partial charge in [0.1, 0.15) is 22.3 Å². The summed E-state index contributed by atoms with van der Waals surface area (Å²) in [5.74, 6) is 0. The number of benzene rings is 16. The summed E-state index contributed by atoms with van der Waals surface area (Å²) >= 11 is 0. The van der Waals surface area contributed by atoms with Crippen LogP contribution in [0, 0.1) is 0 Å². The second-order valence-electron chi connectivity index (χ2n) is 18.5. The first-order valence-electron chi connectivity index (χ1n) is 51.3. The highest BCUT2D eigenvalue weighted by atomic mass is 16.3. The predicted molar refractivity (Wildman–Crippen MR) is 365 cm³/mol. The van der Waals surface area contributed by atoms with Gasteiger partial charge in [0.25, 0.3) is 0 Å². The Balaban J connectivity index is 0.000000194. The first-order valence-corrected chi connectivity index (χ1v) is 25.3. The second kappa shape index (κ2) is 20.2. The minimum absolute atomic E-state index is 0.471. The molecule has 0 saturated carbocycles. The van der Waals surface area contributed by atoms with Crippen LogP contribution in [0.3, 0.4) is 0 Å². The van der Waals surface area contributed by atoms with Gasteiger partial charge in [-0.2, -0.15) is 0 Å². The molecule has 2 heterocycles. The van der Waals surface area contributed by atoms with Gasteiger partial charge in [0.15, 0.2) is 0 Å². The Hall–Kier alpha value is -11.3. The van der Waals surface area contributed by atoms with E-state index in [1.807, 2.05) is 0 Å². The van der Waals surface area contributed by atoms with Crippen LogP contribution in [0.2, 0.25) is 0 Å². The molecule has 0 spiro atoms. The van der Waals surface area contributed by atoms with Crippen molar-refractivity contribution in [2.24, 2.45) is 0 Å². The third kappa shape index (κ3) is 8.10. The Morgan fingerprint density at radius 2 is 0.500 bits per heavy atom. The molecule has 18 rings (SSSR count). The average Bonchev–Trinajstić information content (AvgIpc) is 1.05. The molecular weight excluding hydrogens is 1040 g/mol. The van der Waals surface area contributed by atoms with Gasteiger partial charge >= 0.3 is 0 Å². The van der Waals surface area contributed by atoms with Gasteiger partial charge in [0, 0.05) is 21.5 Å². The van der Waals surface area contributed by atoms with E-state index in [1.165, 1.54) is 0 Å². The van der Waals surface area contributed by atoms with Gasteiger partial charge < -0.3 is 8.83 Å². The fraction of sp³-hybridized carbons (Fsp3) is 0. The van der Waals surface area contributed by atoms with Gasteiger partial charge in [-0.15, -0.1) is 0 Å². The minimum Gasteiger partial charge on any atom is -0.456 e. The Bertz CT molecular complexity index is 8710. The second-order valence-corrected chi connectivity index (χ2v) is 18.5. The fourth-order valence-electron chi connectivity index (χ4n) is 10.3. The molecule has 0 saturated heterocycles. The Kier molecular flexibility index (Phi) is 4.69. The average molecular weight is 1150 g/mol. The number of rotatable bonds is 6. The molecule has 0 fully saturated rings. The van der Waals surface area contributed by atoms with Crippen molar-refractivity contribution >= 4 is 109 Å². The Labute approximate surface area is 569 Å². The van der Waals surface area contributed by atoms with Crippen molar-refractivity contribution in [2.45, 2.75) is 0 Å². The molecule has 0 N–H and O–H groups in total. The topological polar surface area (TPSA) is 26.3 Å². The van der Waals surface area contributed by atoms with E-state index in [2.05, 4.69) is 0 Å². The third-order valence-corrected chi connectivity index (χ3v) is 13.9. The zero-order chi connectivity index (χ0) is 102. The minimum atomic E-state index is -0.992. The van der Waals surface area contributed by atoms with Crippen molar-refractivity contribution in [3.05, 3.63) is 314 Å². The van der Waals surface area contributed by atoms with E-state index in [0.717, 1.165) is 0 Å². The smallest absolute Gasteiger partial charge is 0.136 e. The lowest BCUT2D eigenvalue weighted by atomic mass is 9.86. The van der Waals surface area contributed by atoms with Gasteiger partial charge in [-0.1, -0.05) is 260 Å². The van der Waals surface area contributed by atoms with Crippen molar-refractivity contribution in [3.63, 3.8) is 0 Å². The van der Waals surface area contributed by atoms with E-state index in [4.69, 9.17) is 56.8 Å². The molecule has 0 radical (unpaired) electrons. The SMILES string of the molecule is [2H]c1c([2H])c([2H])c(-c2c([2H])c([2H])c3oc4c([2H])c(-c5c6c([2H])c([2H])c([2H])c([2H])c6c(-c6c([2H])c([2H])c([2H])c([2H])c6[2H])c6c([2H])c([2H])c([2H])c([2H])c56)c([2H])c([2H])c4c3c2[2H])c([2H])c1[2H].[2H]c1c([2H])c([2H])c(-c2c3c([2H])c([2H])c([2H])c([2H])c3c(-c3c([2H])c([2H])c4c(oc5c([2H])c(-c6c([2H])c7c([2H])c([2H])c([2H])c([2H])c7c7c([2H])c([2H])c([2H])c([2H])c67)c([2H])c([2H])c54)c3[2H])c3c([2H])c([2H])c([2H])c([2H])c23)c([2H])c1[2H]. The lowest BCUT2D eigenvalue weighted by Gasteiger charge is -2.17. The predicted octanol–water partition coefficient (Wildman–Crippen LogP) is 24.1. The van der Waals surface area contributed by atoms with E-state index in [1.54, 1.807) is 0 Å². The number of hydrogen-bond donors (Lipinski definition) is 0. The van der Waals surface area contributed by atoms with Gasteiger partial charge in [-0.05, 0) is 186 Å². The van der Waals surface area contributed by atoms with Crippen molar-refractivity contribution in [1.29, 1.82) is 0 Å². The molecule has 0 amide bonds. The molecule has 18 aromatic rings. The summed E-state index contributed by atoms with van der Waals surface area (Å²) in [6, 6.07) is -46.0. The third-order valence-electron chi connectivity index (χ3n) is 13.9. The van der Waals surface area contributed by atoms with E-state index in [0.29, 0.717) is 0 Å². The van der Waals surface area contributed by atoms with Crippen LogP contribution in [0.1, 0.15) is 71.3 Å². The highest BCUT2D eigenvalue weighted by molar-refractivity contribution is 6.24. The molecule has 400 valence electrons. The molecule has 0 aliphatic heterocycles. The van der Waals surface area contributed by atoms with E-state index in [-0.39, 0.29) is 0 Å². The standard InChI is InChI=1S/C46H28O.C38H24O/c1-2-12-29(13-3-1)45-38-18-8-10-20-40(38)46(41-21-11-9-19-39(41)45)32-23-25-37-36-24-22-31(27-43(36)47-44(37)28-32)42-26-30-14-4-5-15-33(30)34-16-6-7-17-35(34)42;1-3-11-25(12-4-1)27-20-22-35-34(23-27)29-21-19-28(24-36(29)39-35)38-32-17-9-7-15-30(32)37(26-13-5-2-6-14-26)31-16-8-10-18-33(31)38/h1-28H;1-24H/i1D,2D,3D,4D,5D,6D,7D,8D,9D,10D,11D,12D,13D,14D,15D,16D,17D,18D,19D,20D,21D,22D,23D,24D,25D,26D,27D,28D;1D,2D,3D,4D,5D,6D,7D,8D,9D,10D,11D,12D,13D,14D,15D,16D,17D,18D,19D,20D,21D,22D,23D,24D. The summed E-state index contributed by atoms with van der Waals surface area (Å²) in [6.07, 6.45) is 0. The van der Waals surface area contributed by atoms with Crippen molar-refractivity contribution < 1.29 is 80.1 Å². The van der Waals surface area contributed by atoms with Crippen molar-refractivity contribution in [2.75, 3.05) is 0 Å². The summed E-state index contributed by atoms with van der Waals surface area (Å²) < 4.78 is 473. The largest absolute Gasteiger partial charge is 0.456 e. The molecule has 2 aromatic heterocycles. The molecule has 0 bridgehead atoms. The zero-order valence-electron chi connectivity index (χ0n) is 94.8. The molecule has 0 aliphatic carbocycles. The molecule has 0 aliphatic rings. The molecule has 2 nitrogen and oxygen atoms in total. The molecule has 0 unspecified atom stereocenters. The summed E-state index contributed by atoms with van der Waals surface area (Å²) in [7, 11) is 0. The highest BCUT2D eigenvalue weighted by Crippen LogP contribution is 2.48. The van der Waals surface area contributed by atoms with Crippen LogP contribution in [0.5, 0.6) is 0 Å². The fourth-order valence-corrected chi connectivity index (χ4v) is 10.3. The van der Waals surface area contributed by atoms with Crippen molar-refractivity contribution in [1.82, 2.24) is 0 Å². The molecule has 2 heteroatoms. The zero-order valence-corrected chi connectivity index (χ0v) is 42.8. The number of furan rings is 2. The maximum atomic E-state index is 9.76. The van der Waals surface area contributed by atoms with Gasteiger partial charge in [0.2, 0.25) is 0 Å². The van der Waals surface area contributed by atoms with Gasteiger partial charge in [-0.25, -0.2) is 0 Å². The Morgan fingerprint density at radius 3 is 0.965 bits per heavy atom. The molecular formula is C84H52O2. The number of fused-ring (bicyclic) bond motifs is 13. The van der Waals surface area contributed by atoms with Gasteiger partial charge in [0.05, 0.1) is 71.3 Å². The number of hydrogen-bond acceptors (Lipinski definition) is 2. The van der Waals surface area contributed by atoms with E-state index >= 15 is 0 Å². The van der Waals surface area contributed by atoms with Crippen LogP contribution in [0.4, 0.5) is 0 Å². The van der Waals surface area contributed by atoms with E-state index in [9.17, 15) is 23.3 Å². The molecule has 0 atom stereocenters. The first-order chi connectivity index (χ1) is 64.3. The summed E-state index contributed by atoms with van der Waals surface area (Å²) in [6.45, 7) is 0. The van der Waals surface area contributed by atoms with Crippen LogP contribution < -0.4 is 0 Å². The van der Waals surface area contributed by atoms with Gasteiger partial charge in [-0.3, -0.25) is 0 Å². The maximum absolute atomic E-state index is 9.76. The van der Waals surface area contributed by atoms with Crippen LogP contribution in [0.15, 0.2) is 323 Å².